The van der Waals surface area contributed by atoms with Gasteiger partial charge in [0, 0.05) is 11.6 Å². The number of nitrogens with one attached hydrogen (secondary N) is 1. The molecule has 0 aliphatic heterocycles. The smallest absolute Gasteiger partial charge is 0.106 e. The first-order chi connectivity index (χ1) is 8.56. The molecule has 0 saturated carbocycles. The molecule has 94 valence electrons. The van der Waals surface area contributed by atoms with Crippen LogP contribution in [0.25, 0.3) is 0 Å². The lowest BCUT2D eigenvalue weighted by molar-refractivity contribution is 1.09. The van der Waals surface area contributed by atoms with E-state index in [1.165, 1.54) is 0 Å². The second-order valence-electron chi connectivity index (χ2n) is 4.20. The Morgan fingerprint density at radius 1 is 1.22 bits per heavy atom. The summed E-state index contributed by atoms with van der Waals surface area (Å²) in [7, 11) is 0. The van der Waals surface area contributed by atoms with Gasteiger partial charge in [-0.3, -0.25) is 0 Å². The SMILES string of the molecule is Cc1ccc(CNc2ccc(Br)nc2C)cc1Cl. The van der Waals surface area contributed by atoms with Crippen molar-refractivity contribution in [3.05, 3.63) is 56.8 Å². The summed E-state index contributed by atoms with van der Waals surface area (Å²) in [6, 6.07) is 10.0. The van der Waals surface area contributed by atoms with Gasteiger partial charge in [-0.25, -0.2) is 4.98 Å². The summed E-state index contributed by atoms with van der Waals surface area (Å²) in [6.45, 7) is 4.72. The molecule has 0 atom stereocenters. The second kappa shape index (κ2) is 5.72. The van der Waals surface area contributed by atoms with Gasteiger partial charge < -0.3 is 5.32 Å². The highest BCUT2D eigenvalue weighted by Crippen LogP contribution is 2.19. The average molecular weight is 326 g/mol. The van der Waals surface area contributed by atoms with Crippen LogP contribution < -0.4 is 5.32 Å². The molecule has 4 heteroatoms. The van der Waals surface area contributed by atoms with Crippen molar-refractivity contribution in [2.24, 2.45) is 0 Å². The Kier molecular flexibility index (Phi) is 4.25. The third kappa shape index (κ3) is 3.24. The minimum Gasteiger partial charge on any atom is -0.380 e. The topological polar surface area (TPSA) is 24.9 Å². The van der Waals surface area contributed by atoms with Crippen LogP contribution in [0, 0.1) is 13.8 Å². The number of hydrogen-bond acceptors (Lipinski definition) is 2. The molecular formula is C14H14BrClN2. The number of rotatable bonds is 3. The Morgan fingerprint density at radius 3 is 2.67 bits per heavy atom. The standard InChI is InChI=1S/C14H14BrClN2/c1-9-3-4-11(7-12(9)16)8-17-13-5-6-14(15)18-10(13)2/h3-7,17H,8H2,1-2H3. The van der Waals surface area contributed by atoms with Gasteiger partial charge in [-0.05, 0) is 59.1 Å². The molecule has 0 fully saturated rings. The van der Waals surface area contributed by atoms with Crippen LogP contribution in [0.1, 0.15) is 16.8 Å². The summed E-state index contributed by atoms with van der Waals surface area (Å²) in [5, 5.41) is 4.17. The Bertz CT molecular complexity index is 570. The molecule has 0 amide bonds. The molecule has 0 bridgehead atoms. The summed E-state index contributed by atoms with van der Waals surface area (Å²) >= 11 is 9.45. The van der Waals surface area contributed by atoms with E-state index in [2.05, 4.69) is 32.3 Å². The molecule has 2 nitrogen and oxygen atoms in total. The summed E-state index contributed by atoms with van der Waals surface area (Å²) < 4.78 is 0.851. The molecule has 0 radical (unpaired) electrons. The molecule has 1 aromatic heterocycles. The largest absolute Gasteiger partial charge is 0.380 e. The van der Waals surface area contributed by atoms with Gasteiger partial charge in [0.1, 0.15) is 4.60 Å². The minimum atomic E-state index is 0.740. The molecule has 1 N–H and O–H groups in total. The van der Waals surface area contributed by atoms with Crippen LogP contribution >= 0.6 is 27.5 Å². The zero-order chi connectivity index (χ0) is 13.1. The van der Waals surface area contributed by atoms with Gasteiger partial charge in [0.2, 0.25) is 0 Å². The molecular weight excluding hydrogens is 312 g/mol. The predicted molar refractivity (Wildman–Crippen MR) is 80.2 cm³/mol. The molecule has 2 rings (SSSR count). The highest BCUT2D eigenvalue weighted by Gasteiger charge is 2.01. The van der Waals surface area contributed by atoms with Gasteiger partial charge in [-0.15, -0.1) is 0 Å². The highest BCUT2D eigenvalue weighted by molar-refractivity contribution is 9.10. The third-order valence-electron chi connectivity index (χ3n) is 2.77. The number of aromatic nitrogens is 1. The van der Waals surface area contributed by atoms with E-state index in [1.54, 1.807) is 0 Å². The van der Waals surface area contributed by atoms with Crippen molar-refractivity contribution in [3.8, 4) is 0 Å². The van der Waals surface area contributed by atoms with E-state index in [0.717, 1.165) is 38.7 Å². The lowest BCUT2D eigenvalue weighted by Crippen LogP contribution is -2.02. The Labute approximate surface area is 121 Å². The molecule has 18 heavy (non-hydrogen) atoms. The van der Waals surface area contributed by atoms with Crippen LogP contribution in [0.15, 0.2) is 34.9 Å². The Balaban J connectivity index is 2.09. The zero-order valence-corrected chi connectivity index (χ0v) is 12.6. The fourth-order valence-electron chi connectivity index (χ4n) is 1.66. The van der Waals surface area contributed by atoms with Crippen molar-refractivity contribution < 1.29 is 0 Å². The molecule has 1 heterocycles. The van der Waals surface area contributed by atoms with Crippen LogP contribution in [-0.4, -0.2) is 4.98 Å². The van der Waals surface area contributed by atoms with Crippen LogP contribution in [0.2, 0.25) is 5.02 Å². The maximum Gasteiger partial charge on any atom is 0.106 e. The van der Waals surface area contributed by atoms with Crippen LogP contribution in [0.3, 0.4) is 0 Å². The number of hydrogen-bond donors (Lipinski definition) is 1. The number of aryl methyl sites for hydroxylation is 2. The maximum absolute atomic E-state index is 6.10. The minimum absolute atomic E-state index is 0.740. The van der Waals surface area contributed by atoms with Crippen molar-refractivity contribution >= 4 is 33.2 Å². The number of pyridine rings is 1. The summed E-state index contributed by atoms with van der Waals surface area (Å²) in [5.41, 5.74) is 4.27. The van der Waals surface area contributed by atoms with Crippen LogP contribution in [-0.2, 0) is 6.54 Å². The predicted octanol–water partition coefficient (Wildman–Crippen LogP) is 4.73. The lowest BCUT2D eigenvalue weighted by atomic mass is 10.1. The van der Waals surface area contributed by atoms with Crippen LogP contribution in [0.5, 0.6) is 0 Å². The highest BCUT2D eigenvalue weighted by atomic mass is 79.9. The molecule has 0 aliphatic rings. The van der Waals surface area contributed by atoms with Gasteiger partial charge in [0.05, 0.1) is 11.4 Å². The number of nitrogens with zero attached hydrogens (tertiary/aromatic N) is 1. The van der Waals surface area contributed by atoms with E-state index in [9.17, 15) is 0 Å². The van der Waals surface area contributed by atoms with E-state index < -0.39 is 0 Å². The second-order valence-corrected chi connectivity index (χ2v) is 5.42. The summed E-state index contributed by atoms with van der Waals surface area (Å²) in [4.78, 5) is 4.35. The average Bonchev–Trinajstić information content (AvgIpc) is 2.32. The monoisotopic (exact) mass is 324 g/mol. The molecule has 0 unspecified atom stereocenters. The first-order valence-corrected chi connectivity index (χ1v) is 6.85. The summed E-state index contributed by atoms with van der Waals surface area (Å²) in [6.07, 6.45) is 0. The molecule has 0 spiro atoms. The van der Waals surface area contributed by atoms with Crippen molar-refractivity contribution in [2.75, 3.05) is 5.32 Å². The fourth-order valence-corrected chi connectivity index (χ4v) is 2.26. The number of benzene rings is 1. The Morgan fingerprint density at radius 2 is 2.00 bits per heavy atom. The molecule has 1 aromatic carbocycles. The maximum atomic E-state index is 6.10. The van der Waals surface area contributed by atoms with Gasteiger partial charge in [0.25, 0.3) is 0 Å². The summed E-state index contributed by atoms with van der Waals surface area (Å²) in [5.74, 6) is 0. The van der Waals surface area contributed by atoms with Gasteiger partial charge in [-0.2, -0.15) is 0 Å². The Hall–Kier alpha value is -1.06. The third-order valence-corrected chi connectivity index (χ3v) is 3.62. The van der Waals surface area contributed by atoms with Crippen molar-refractivity contribution in [1.82, 2.24) is 4.98 Å². The first kappa shape index (κ1) is 13.4. The number of halogens is 2. The van der Waals surface area contributed by atoms with Crippen molar-refractivity contribution in [3.63, 3.8) is 0 Å². The van der Waals surface area contributed by atoms with Gasteiger partial charge in [0.15, 0.2) is 0 Å². The van der Waals surface area contributed by atoms with E-state index in [4.69, 9.17) is 11.6 Å². The normalized spacial score (nSPS) is 10.4. The van der Waals surface area contributed by atoms with E-state index in [1.807, 2.05) is 38.1 Å². The molecule has 2 aromatic rings. The fraction of sp³-hybridized carbons (Fsp3) is 0.214. The zero-order valence-electron chi connectivity index (χ0n) is 10.3. The van der Waals surface area contributed by atoms with Gasteiger partial charge >= 0.3 is 0 Å². The van der Waals surface area contributed by atoms with Crippen LogP contribution in [0.4, 0.5) is 5.69 Å². The van der Waals surface area contributed by atoms with Crippen molar-refractivity contribution in [2.45, 2.75) is 20.4 Å². The van der Waals surface area contributed by atoms with Gasteiger partial charge in [-0.1, -0.05) is 23.7 Å². The van der Waals surface area contributed by atoms with Crippen molar-refractivity contribution in [1.29, 1.82) is 0 Å². The van der Waals surface area contributed by atoms with E-state index in [-0.39, 0.29) is 0 Å². The van der Waals surface area contributed by atoms with E-state index >= 15 is 0 Å². The molecule has 0 aliphatic carbocycles. The van der Waals surface area contributed by atoms with E-state index in [0.29, 0.717) is 0 Å². The lowest BCUT2D eigenvalue weighted by Gasteiger charge is -2.10. The number of anilines is 1. The quantitative estimate of drug-likeness (QED) is 0.825. The molecule has 0 saturated heterocycles. The first-order valence-electron chi connectivity index (χ1n) is 5.68.